The molecule has 0 saturated heterocycles. The lowest BCUT2D eigenvalue weighted by Crippen LogP contribution is -2.34. The summed E-state index contributed by atoms with van der Waals surface area (Å²) in [6.45, 7) is 4.32. The summed E-state index contributed by atoms with van der Waals surface area (Å²) in [6.07, 6.45) is 1.81. The summed E-state index contributed by atoms with van der Waals surface area (Å²) in [5.41, 5.74) is 2.65. The molecule has 8 heteroatoms. The van der Waals surface area contributed by atoms with Gasteiger partial charge in [0.15, 0.2) is 10.2 Å². The minimum atomic E-state index is -0.343. The maximum atomic E-state index is 12.4. The van der Waals surface area contributed by atoms with Crippen LogP contribution in [0.5, 0.6) is 0 Å². The number of esters is 1. The molecule has 0 fully saturated rings. The van der Waals surface area contributed by atoms with E-state index in [1.54, 1.807) is 30.3 Å². The van der Waals surface area contributed by atoms with Crippen LogP contribution in [0.25, 0.3) is 10.2 Å². The van der Waals surface area contributed by atoms with Gasteiger partial charge in [0.25, 0.3) is 5.91 Å². The first-order valence-electron chi connectivity index (χ1n) is 9.23. The molecule has 6 nitrogen and oxygen atoms in total. The van der Waals surface area contributed by atoms with Gasteiger partial charge in [-0.1, -0.05) is 42.9 Å². The predicted octanol–water partition coefficient (Wildman–Crippen LogP) is 4.69. The number of rotatable bonds is 6. The number of amides is 1. The van der Waals surface area contributed by atoms with Crippen molar-refractivity contribution in [3.8, 4) is 0 Å². The molecule has 1 amide bonds. The number of aromatic nitrogens is 1. The van der Waals surface area contributed by atoms with Crippen molar-refractivity contribution >= 4 is 55.9 Å². The number of nitrogens with zero attached hydrogens (tertiary/aromatic N) is 1. The molecular formula is C21H21N3O3S2. The van der Waals surface area contributed by atoms with Crippen molar-refractivity contribution in [3.63, 3.8) is 0 Å². The highest BCUT2D eigenvalue weighted by molar-refractivity contribution is 7.80. The number of unbranched alkanes of at least 4 members (excludes halogenated alkanes) is 1. The molecule has 1 aromatic heterocycles. The molecule has 150 valence electrons. The quantitative estimate of drug-likeness (QED) is 0.338. The highest BCUT2D eigenvalue weighted by Crippen LogP contribution is 2.27. The van der Waals surface area contributed by atoms with Gasteiger partial charge < -0.3 is 10.1 Å². The molecule has 0 aliphatic rings. The summed E-state index contributed by atoms with van der Waals surface area (Å²) < 4.78 is 6.07. The first-order chi connectivity index (χ1) is 14.0. The molecule has 2 aromatic carbocycles. The summed E-state index contributed by atoms with van der Waals surface area (Å²) in [6, 6.07) is 12.5. The van der Waals surface area contributed by atoms with Crippen molar-refractivity contribution in [2.24, 2.45) is 0 Å². The van der Waals surface area contributed by atoms with Gasteiger partial charge in [0.05, 0.1) is 22.4 Å². The highest BCUT2D eigenvalue weighted by atomic mass is 32.1. The SMILES string of the molecule is CCCCOC(=O)c1ccc2nc(NC(=S)NC(=O)c3ccccc3C)sc2c1. The van der Waals surface area contributed by atoms with Crippen LogP contribution >= 0.6 is 23.6 Å². The Morgan fingerprint density at radius 2 is 2.00 bits per heavy atom. The lowest BCUT2D eigenvalue weighted by Gasteiger charge is -2.08. The third-order valence-electron chi connectivity index (χ3n) is 4.19. The Kier molecular flexibility index (Phi) is 6.90. The van der Waals surface area contributed by atoms with Gasteiger partial charge in [-0.15, -0.1) is 0 Å². The number of aryl methyl sites for hydroxylation is 1. The minimum Gasteiger partial charge on any atom is -0.462 e. The number of fused-ring (bicyclic) bond motifs is 1. The standard InChI is InChI=1S/C21H21N3O3S2/c1-3-4-11-27-19(26)14-9-10-16-17(12-14)29-21(22-16)24-20(28)23-18(25)15-8-6-5-7-13(15)2/h5-10,12H,3-4,11H2,1-2H3,(H2,22,23,24,25,28). The number of hydrogen-bond acceptors (Lipinski definition) is 6. The fourth-order valence-corrected chi connectivity index (χ4v) is 3.79. The molecule has 3 aromatic rings. The van der Waals surface area contributed by atoms with Gasteiger partial charge in [-0.05, 0) is 55.4 Å². The van der Waals surface area contributed by atoms with E-state index in [4.69, 9.17) is 17.0 Å². The smallest absolute Gasteiger partial charge is 0.338 e. The Morgan fingerprint density at radius 1 is 1.21 bits per heavy atom. The molecule has 29 heavy (non-hydrogen) atoms. The average molecular weight is 428 g/mol. The number of anilines is 1. The molecule has 0 aliphatic heterocycles. The van der Waals surface area contributed by atoms with E-state index >= 15 is 0 Å². The monoisotopic (exact) mass is 427 g/mol. The molecule has 0 radical (unpaired) electrons. The normalized spacial score (nSPS) is 10.6. The van der Waals surface area contributed by atoms with Gasteiger partial charge in [-0.25, -0.2) is 9.78 Å². The number of carbonyl (C=O) groups is 2. The zero-order valence-electron chi connectivity index (χ0n) is 16.2. The molecule has 0 aliphatic carbocycles. The Hall–Kier alpha value is -2.84. The number of carbonyl (C=O) groups excluding carboxylic acids is 2. The Labute approximate surface area is 178 Å². The minimum absolute atomic E-state index is 0.163. The van der Waals surface area contributed by atoms with E-state index in [1.807, 2.05) is 26.0 Å². The van der Waals surface area contributed by atoms with E-state index in [2.05, 4.69) is 15.6 Å². The van der Waals surface area contributed by atoms with Crippen molar-refractivity contribution in [1.82, 2.24) is 10.3 Å². The highest BCUT2D eigenvalue weighted by Gasteiger charge is 2.13. The Bertz CT molecular complexity index is 1060. The van der Waals surface area contributed by atoms with Crippen LogP contribution in [0.15, 0.2) is 42.5 Å². The maximum absolute atomic E-state index is 12.4. The number of nitrogens with one attached hydrogen (secondary N) is 2. The van der Waals surface area contributed by atoms with Crippen LogP contribution in [-0.2, 0) is 4.74 Å². The fraction of sp³-hybridized carbons (Fsp3) is 0.238. The van der Waals surface area contributed by atoms with Crippen molar-refractivity contribution in [2.75, 3.05) is 11.9 Å². The average Bonchev–Trinajstić information content (AvgIpc) is 3.09. The zero-order chi connectivity index (χ0) is 20.8. The van der Waals surface area contributed by atoms with Gasteiger partial charge in [0, 0.05) is 5.56 Å². The molecule has 3 rings (SSSR count). The van der Waals surface area contributed by atoms with Gasteiger partial charge in [0.2, 0.25) is 0 Å². The van der Waals surface area contributed by atoms with Crippen LogP contribution < -0.4 is 10.6 Å². The molecular weight excluding hydrogens is 406 g/mol. The molecule has 0 bridgehead atoms. The van der Waals surface area contributed by atoms with Crippen LogP contribution in [0.4, 0.5) is 5.13 Å². The van der Waals surface area contributed by atoms with Crippen LogP contribution in [0.1, 0.15) is 46.0 Å². The number of thiocarbonyl (C=S) groups is 1. The Balaban J connectivity index is 1.66. The third-order valence-corrected chi connectivity index (χ3v) is 5.33. The predicted molar refractivity (Wildman–Crippen MR) is 120 cm³/mol. The van der Waals surface area contributed by atoms with Gasteiger partial charge in [-0.3, -0.25) is 10.1 Å². The van der Waals surface area contributed by atoms with Crippen molar-refractivity contribution < 1.29 is 14.3 Å². The topological polar surface area (TPSA) is 80.3 Å². The number of ether oxygens (including phenoxy) is 1. The second kappa shape index (κ2) is 9.58. The lowest BCUT2D eigenvalue weighted by molar-refractivity contribution is 0.0500. The van der Waals surface area contributed by atoms with Crippen LogP contribution in [0.2, 0.25) is 0 Å². The van der Waals surface area contributed by atoms with Crippen LogP contribution in [0.3, 0.4) is 0 Å². The molecule has 0 atom stereocenters. The molecule has 2 N–H and O–H groups in total. The van der Waals surface area contributed by atoms with E-state index < -0.39 is 0 Å². The largest absolute Gasteiger partial charge is 0.462 e. The first-order valence-corrected chi connectivity index (χ1v) is 10.5. The molecule has 0 spiro atoms. The summed E-state index contributed by atoms with van der Waals surface area (Å²) in [5, 5.41) is 6.29. The van der Waals surface area contributed by atoms with E-state index in [-0.39, 0.29) is 17.0 Å². The summed E-state index contributed by atoms with van der Waals surface area (Å²) in [5.74, 6) is -0.622. The van der Waals surface area contributed by atoms with Crippen LogP contribution in [-0.4, -0.2) is 28.6 Å². The van der Waals surface area contributed by atoms with Crippen LogP contribution in [0, 0.1) is 6.92 Å². The maximum Gasteiger partial charge on any atom is 0.338 e. The second-order valence-corrected chi connectivity index (χ2v) is 7.85. The summed E-state index contributed by atoms with van der Waals surface area (Å²) in [7, 11) is 0. The van der Waals surface area contributed by atoms with Gasteiger partial charge in [0.1, 0.15) is 0 Å². The van der Waals surface area contributed by atoms with Crippen molar-refractivity contribution in [1.29, 1.82) is 0 Å². The van der Waals surface area contributed by atoms with E-state index in [0.29, 0.717) is 22.9 Å². The first kappa shape index (κ1) is 20.9. The number of thiazole rings is 1. The van der Waals surface area contributed by atoms with E-state index in [9.17, 15) is 9.59 Å². The summed E-state index contributed by atoms with van der Waals surface area (Å²) in [4.78, 5) is 28.9. The van der Waals surface area contributed by atoms with E-state index in [1.165, 1.54) is 11.3 Å². The third kappa shape index (κ3) is 5.36. The van der Waals surface area contributed by atoms with Crippen molar-refractivity contribution in [3.05, 3.63) is 59.2 Å². The molecule has 1 heterocycles. The zero-order valence-corrected chi connectivity index (χ0v) is 17.8. The van der Waals surface area contributed by atoms with Gasteiger partial charge in [-0.2, -0.15) is 0 Å². The van der Waals surface area contributed by atoms with E-state index in [0.717, 1.165) is 28.6 Å². The van der Waals surface area contributed by atoms with Crippen molar-refractivity contribution in [2.45, 2.75) is 26.7 Å². The second-order valence-electron chi connectivity index (χ2n) is 6.41. The summed E-state index contributed by atoms with van der Waals surface area (Å²) >= 11 is 6.58. The number of benzene rings is 2. The fourth-order valence-electron chi connectivity index (χ4n) is 2.62. The van der Waals surface area contributed by atoms with Gasteiger partial charge >= 0.3 is 5.97 Å². The molecule has 0 saturated carbocycles. The lowest BCUT2D eigenvalue weighted by atomic mass is 10.1. The Morgan fingerprint density at radius 3 is 2.76 bits per heavy atom. The molecule has 0 unspecified atom stereocenters. The number of hydrogen-bond donors (Lipinski definition) is 2.